The molecule has 4 heteroatoms. The molecule has 118 valence electrons. The molecule has 3 rings (SSSR count). The maximum Gasteiger partial charge on any atom is 0.252 e. The monoisotopic (exact) mass is 307 g/mol. The van der Waals surface area contributed by atoms with Gasteiger partial charge in [-0.25, -0.2) is 4.98 Å². The van der Waals surface area contributed by atoms with Crippen LogP contribution in [0.5, 0.6) is 0 Å². The molecule has 1 aromatic carbocycles. The van der Waals surface area contributed by atoms with Crippen molar-refractivity contribution >= 4 is 11.6 Å². The molecule has 0 saturated heterocycles. The Morgan fingerprint density at radius 3 is 2.52 bits per heavy atom. The quantitative estimate of drug-likeness (QED) is 0.776. The first-order valence-corrected chi connectivity index (χ1v) is 8.06. The van der Waals surface area contributed by atoms with Crippen molar-refractivity contribution in [2.75, 3.05) is 0 Å². The van der Waals surface area contributed by atoms with Crippen molar-refractivity contribution in [3.63, 3.8) is 0 Å². The van der Waals surface area contributed by atoms with Crippen LogP contribution in [0.3, 0.4) is 0 Å². The van der Waals surface area contributed by atoms with Crippen LogP contribution in [0.4, 0.5) is 0 Å². The van der Waals surface area contributed by atoms with Crippen molar-refractivity contribution in [1.82, 2.24) is 14.7 Å². The van der Waals surface area contributed by atoms with E-state index in [1.54, 1.807) is 0 Å². The molecule has 0 fully saturated rings. The fourth-order valence-corrected chi connectivity index (χ4v) is 2.64. The standard InChI is InChI=1S/C19H21N3O/c1-3-16(4-2)20-19(23)15-10-11-18-21-17(13-22(18)12-15)14-8-6-5-7-9-14/h5-13,16H,3-4H2,1-2H3,(H,20,23). The van der Waals surface area contributed by atoms with E-state index in [-0.39, 0.29) is 11.9 Å². The molecular formula is C19H21N3O. The van der Waals surface area contributed by atoms with E-state index in [1.807, 2.05) is 59.3 Å². The number of carbonyl (C=O) groups is 1. The minimum Gasteiger partial charge on any atom is -0.349 e. The number of pyridine rings is 1. The number of nitrogens with zero attached hydrogens (tertiary/aromatic N) is 2. The highest BCUT2D eigenvalue weighted by Crippen LogP contribution is 2.19. The number of nitrogens with one attached hydrogen (secondary N) is 1. The molecule has 0 aliphatic rings. The smallest absolute Gasteiger partial charge is 0.252 e. The summed E-state index contributed by atoms with van der Waals surface area (Å²) in [4.78, 5) is 17.0. The zero-order valence-electron chi connectivity index (χ0n) is 13.5. The van der Waals surface area contributed by atoms with Crippen molar-refractivity contribution in [1.29, 1.82) is 0 Å². The number of imidazole rings is 1. The molecule has 0 unspecified atom stereocenters. The normalized spacial score (nSPS) is 11.1. The average molecular weight is 307 g/mol. The highest BCUT2D eigenvalue weighted by molar-refractivity contribution is 5.94. The molecule has 0 saturated carbocycles. The zero-order chi connectivity index (χ0) is 16.2. The average Bonchev–Trinajstić information content (AvgIpc) is 3.03. The van der Waals surface area contributed by atoms with E-state index in [2.05, 4.69) is 24.1 Å². The van der Waals surface area contributed by atoms with Crippen LogP contribution in [0, 0.1) is 0 Å². The molecule has 0 radical (unpaired) electrons. The maximum absolute atomic E-state index is 12.3. The van der Waals surface area contributed by atoms with Crippen LogP contribution in [0.15, 0.2) is 54.9 Å². The summed E-state index contributed by atoms with van der Waals surface area (Å²) in [5.41, 5.74) is 3.46. The Hall–Kier alpha value is -2.62. The van der Waals surface area contributed by atoms with Crippen LogP contribution in [0.1, 0.15) is 37.0 Å². The van der Waals surface area contributed by atoms with Crippen LogP contribution in [0.2, 0.25) is 0 Å². The SMILES string of the molecule is CCC(CC)NC(=O)c1ccc2nc(-c3ccccc3)cn2c1. The second kappa shape index (κ2) is 6.65. The van der Waals surface area contributed by atoms with Gasteiger partial charge >= 0.3 is 0 Å². The van der Waals surface area contributed by atoms with Crippen LogP contribution in [-0.4, -0.2) is 21.3 Å². The van der Waals surface area contributed by atoms with E-state index in [1.165, 1.54) is 0 Å². The lowest BCUT2D eigenvalue weighted by atomic mass is 10.1. The van der Waals surface area contributed by atoms with Crippen LogP contribution in [-0.2, 0) is 0 Å². The fraction of sp³-hybridized carbons (Fsp3) is 0.263. The van der Waals surface area contributed by atoms with Gasteiger partial charge in [0.2, 0.25) is 0 Å². The second-order valence-corrected chi connectivity index (χ2v) is 5.66. The van der Waals surface area contributed by atoms with Gasteiger partial charge < -0.3 is 9.72 Å². The number of amides is 1. The number of aromatic nitrogens is 2. The molecule has 2 heterocycles. The minimum atomic E-state index is -0.0319. The van der Waals surface area contributed by atoms with Gasteiger partial charge in [0.1, 0.15) is 5.65 Å². The number of hydrogen-bond acceptors (Lipinski definition) is 2. The number of rotatable bonds is 5. The summed E-state index contributed by atoms with van der Waals surface area (Å²) in [5.74, 6) is -0.0319. The Bertz CT molecular complexity index is 804. The topological polar surface area (TPSA) is 46.4 Å². The molecule has 2 aromatic heterocycles. The van der Waals surface area contributed by atoms with E-state index in [0.717, 1.165) is 29.7 Å². The van der Waals surface area contributed by atoms with Gasteiger partial charge in [0, 0.05) is 24.0 Å². The van der Waals surface area contributed by atoms with Crippen LogP contribution >= 0.6 is 0 Å². The lowest BCUT2D eigenvalue weighted by molar-refractivity contribution is 0.0934. The van der Waals surface area contributed by atoms with Crippen molar-refractivity contribution in [2.24, 2.45) is 0 Å². The van der Waals surface area contributed by atoms with Gasteiger partial charge in [0.25, 0.3) is 5.91 Å². The van der Waals surface area contributed by atoms with Gasteiger partial charge in [-0.05, 0) is 25.0 Å². The molecule has 3 aromatic rings. The van der Waals surface area contributed by atoms with E-state index in [0.29, 0.717) is 5.56 Å². The first kappa shape index (κ1) is 15.3. The largest absolute Gasteiger partial charge is 0.349 e. The summed E-state index contributed by atoms with van der Waals surface area (Å²) in [6, 6.07) is 14.0. The van der Waals surface area contributed by atoms with Gasteiger partial charge in [-0.1, -0.05) is 44.2 Å². The van der Waals surface area contributed by atoms with Gasteiger partial charge in [0.05, 0.1) is 11.3 Å². The number of carbonyl (C=O) groups excluding carboxylic acids is 1. The molecule has 23 heavy (non-hydrogen) atoms. The van der Waals surface area contributed by atoms with E-state index < -0.39 is 0 Å². The van der Waals surface area contributed by atoms with E-state index >= 15 is 0 Å². The van der Waals surface area contributed by atoms with Crippen molar-refractivity contribution in [3.05, 3.63) is 60.4 Å². The first-order chi connectivity index (χ1) is 11.2. The Morgan fingerprint density at radius 2 is 1.83 bits per heavy atom. The molecule has 0 spiro atoms. The third kappa shape index (κ3) is 3.26. The molecule has 1 amide bonds. The third-order valence-electron chi connectivity index (χ3n) is 4.10. The maximum atomic E-state index is 12.3. The van der Waals surface area contributed by atoms with E-state index in [4.69, 9.17) is 0 Å². The summed E-state index contributed by atoms with van der Waals surface area (Å²) in [6.07, 6.45) is 5.67. The molecule has 0 bridgehead atoms. The van der Waals surface area contributed by atoms with Crippen molar-refractivity contribution in [2.45, 2.75) is 32.7 Å². The summed E-state index contributed by atoms with van der Waals surface area (Å²) in [6.45, 7) is 4.17. The summed E-state index contributed by atoms with van der Waals surface area (Å²) >= 11 is 0. The lowest BCUT2D eigenvalue weighted by Crippen LogP contribution is -2.33. The molecule has 0 aliphatic heterocycles. The summed E-state index contributed by atoms with van der Waals surface area (Å²) in [7, 11) is 0. The zero-order valence-corrected chi connectivity index (χ0v) is 13.5. The Labute approximate surface area is 136 Å². The number of fused-ring (bicyclic) bond motifs is 1. The predicted octanol–water partition coefficient (Wildman–Crippen LogP) is 3.92. The third-order valence-corrected chi connectivity index (χ3v) is 4.10. The second-order valence-electron chi connectivity index (χ2n) is 5.66. The van der Waals surface area contributed by atoms with Gasteiger partial charge in [0.15, 0.2) is 0 Å². The Balaban J connectivity index is 1.89. The lowest BCUT2D eigenvalue weighted by Gasteiger charge is -2.14. The molecule has 1 N–H and O–H groups in total. The highest BCUT2D eigenvalue weighted by atomic mass is 16.1. The number of benzene rings is 1. The summed E-state index contributed by atoms with van der Waals surface area (Å²) < 4.78 is 1.91. The number of hydrogen-bond donors (Lipinski definition) is 1. The van der Waals surface area contributed by atoms with Crippen molar-refractivity contribution in [3.8, 4) is 11.3 Å². The molecular weight excluding hydrogens is 286 g/mol. The fourth-order valence-electron chi connectivity index (χ4n) is 2.64. The van der Waals surface area contributed by atoms with Crippen molar-refractivity contribution < 1.29 is 4.79 Å². The van der Waals surface area contributed by atoms with Gasteiger partial charge in [-0.3, -0.25) is 4.79 Å². The van der Waals surface area contributed by atoms with Gasteiger partial charge in [-0.2, -0.15) is 0 Å². The van der Waals surface area contributed by atoms with Crippen LogP contribution < -0.4 is 5.32 Å². The molecule has 4 nitrogen and oxygen atoms in total. The minimum absolute atomic E-state index is 0.0319. The summed E-state index contributed by atoms with van der Waals surface area (Å²) in [5, 5.41) is 3.06. The van der Waals surface area contributed by atoms with E-state index in [9.17, 15) is 4.79 Å². The Kier molecular flexibility index (Phi) is 4.42. The van der Waals surface area contributed by atoms with Crippen LogP contribution in [0.25, 0.3) is 16.9 Å². The predicted molar refractivity (Wildman–Crippen MR) is 92.5 cm³/mol. The molecule has 0 atom stereocenters. The van der Waals surface area contributed by atoms with Gasteiger partial charge in [-0.15, -0.1) is 0 Å². The molecule has 0 aliphatic carbocycles. The highest BCUT2D eigenvalue weighted by Gasteiger charge is 2.12. The first-order valence-electron chi connectivity index (χ1n) is 8.06. The Morgan fingerprint density at radius 1 is 1.09 bits per heavy atom.